The predicted molar refractivity (Wildman–Crippen MR) is 92.5 cm³/mol. The molecular weight excluding hydrogens is 382 g/mol. The summed E-state index contributed by atoms with van der Waals surface area (Å²) in [4.78, 5) is 16.1. The Morgan fingerprint density at radius 2 is 1.89 bits per heavy atom. The molecule has 0 aliphatic carbocycles. The van der Waals surface area contributed by atoms with Crippen LogP contribution < -0.4 is 10.1 Å². The number of amides is 1. The van der Waals surface area contributed by atoms with Crippen molar-refractivity contribution in [1.82, 2.24) is 10.3 Å². The number of carbonyl (C=O) groups is 1. The van der Waals surface area contributed by atoms with E-state index in [1.165, 1.54) is 30.3 Å². The molecule has 0 radical (unpaired) electrons. The largest absolute Gasteiger partial charge is 0.472 e. The maximum absolute atomic E-state index is 12.2. The lowest BCUT2D eigenvalue weighted by Crippen LogP contribution is -2.24. The summed E-state index contributed by atoms with van der Waals surface area (Å²) in [5.41, 5.74) is 0.653. The zero-order chi connectivity index (χ0) is 19.9. The number of pyridine rings is 1. The van der Waals surface area contributed by atoms with Crippen molar-refractivity contribution in [2.75, 3.05) is 19.0 Å². The number of aliphatic hydroxyl groups excluding tert-OH is 1. The topological polar surface area (TPSA) is 106 Å². The quantitative estimate of drug-likeness (QED) is 0.660. The molecule has 0 aliphatic heterocycles. The number of hydrogen-bond acceptors (Lipinski definition) is 6. The Bertz CT molecular complexity index is 873. The Labute approximate surface area is 154 Å². The second-order valence-corrected chi connectivity index (χ2v) is 7.54. The van der Waals surface area contributed by atoms with E-state index >= 15 is 0 Å². The number of sulfone groups is 1. The van der Waals surface area contributed by atoms with Gasteiger partial charge in [-0.05, 0) is 23.8 Å². The Morgan fingerprint density at radius 3 is 2.52 bits per heavy atom. The summed E-state index contributed by atoms with van der Waals surface area (Å²) in [6, 6.07) is 10.1. The van der Waals surface area contributed by atoms with Gasteiger partial charge in [-0.2, -0.15) is 0 Å². The van der Waals surface area contributed by atoms with Gasteiger partial charge in [-0.15, -0.1) is 0 Å². The summed E-state index contributed by atoms with van der Waals surface area (Å²) >= 11 is 0. The van der Waals surface area contributed by atoms with E-state index < -0.39 is 35.4 Å². The molecule has 0 fully saturated rings. The molecular formula is C17H18F2N2O5S. The van der Waals surface area contributed by atoms with E-state index in [0.29, 0.717) is 5.56 Å². The van der Waals surface area contributed by atoms with Gasteiger partial charge in [-0.1, -0.05) is 18.2 Å². The van der Waals surface area contributed by atoms with Crippen LogP contribution >= 0.6 is 0 Å². The number of rotatable bonds is 9. The minimum atomic E-state index is -3.53. The van der Waals surface area contributed by atoms with Crippen LogP contribution in [0.25, 0.3) is 0 Å². The van der Waals surface area contributed by atoms with Gasteiger partial charge < -0.3 is 15.2 Å². The molecule has 1 aromatic heterocycles. The van der Waals surface area contributed by atoms with Gasteiger partial charge in [0.15, 0.2) is 16.4 Å². The van der Waals surface area contributed by atoms with Crippen molar-refractivity contribution in [3.8, 4) is 5.88 Å². The number of alkyl halides is 2. The zero-order valence-electron chi connectivity index (χ0n) is 14.1. The van der Waals surface area contributed by atoms with Crippen LogP contribution in [0.2, 0.25) is 0 Å². The smallest absolute Gasteiger partial charge is 0.272 e. The number of nitrogens with zero attached hydrogens (tertiary/aromatic N) is 1. The van der Waals surface area contributed by atoms with Gasteiger partial charge in [0.1, 0.15) is 5.69 Å². The third kappa shape index (κ3) is 6.26. The number of benzene rings is 1. The molecule has 0 spiro atoms. The second kappa shape index (κ2) is 9.38. The number of aromatic nitrogens is 1. The Morgan fingerprint density at radius 1 is 1.19 bits per heavy atom. The molecule has 1 amide bonds. The molecule has 0 atom stereocenters. The van der Waals surface area contributed by atoms with Crippen LogP contribution in [0.4, 0.5) is 8.78 Å². The average Bonchev–Trinajstić information content (AvgIpc) is 2.65. The van der Waals surface area contributed by atoms with Gasteiger partial charge in [0, 0.05) is 12.6 Å². The van der Waals surface area contributed by atoms with Crippen molar-refractivity contribution >= 4 is 15.7 Å². The zero-order valence-corrected chi connectivity index (χ0v) is 15.0. The van der Waals surface area contributed by atoms with Gasteiger partial charge in [0.05, 0.1) is 17.3 Å². The van der Waals surface area contributed by atoms with Crippen molar-refractivity contribution in [3.63, 3.8) is 0 Å². The number of hydrogen-bond donors (Lipinski definition) is 2. The fourth-order valence-corrected chi connectivity index (χ4v) is 3.12. The van der Waals surface area contributed by atoms with Crippen molar-refractivity contribution in [2.45, 2.75) is 17.9 Å². The number of aliphatic hydroxyl groups is 1. The maximum atomic E-state index is 12.2. The summed E-state index contributed by atoms with van der Waals surface area (Å²) < 4.78 is 52.7. The lowest BCUT2D eigenvalue weighted by atomic mass is 10.2. The summed E-state index contributed by atoms with van der Waals surface area (Å²) in [5, 5.41) is 11.4. The predicted octanol–water partition coefficient (Wildman–Crippen LogP) is 1.42. The lowest BCUT2D eigenvalue weighted by molar-refractivity contribution is 0.0792. The Kier molecular flexibility index (Phi) is 7.19. The fraction of sp³-hybridized carbons (Fsp3) is 0.294. The van der Waals surface area contributed by atoms with E-state index in [1.54, 1.807) is 12.1 Å². The van der Waals surface area contributed by atoms with E-state index in [2.05, 4.69) is 10.3 Å². The van der Waals surface area contributed by atoms with Crippen molar-refractivity contribution in [2.24, 2.45) is 0 Å². The normalized spacial score (nSPS) is 11.4. The van der Waals surface area contributed by atoms with Crippen LogP contribution in [-0.2, 0) is 16.4 Å². The molecule has 2 rings (SSSR count). The van der Waals surface area contributed by atoms with Crippen LogP contribution in [0.3, 0.4) is 0 Å². The highest BCUT2D eigenvalue weighted by atomic mass is 32.2. The highest BCUT2D eigenvalue weighted by Crippen LogP contribution is 2.13. The number of halogens is 2. The van der Waals surface area contributed by atoms with Gasteiger partial charge >= 0.3 is 0 Å². The minimum absolute atomic E-state index is 0.00362. The van der Waals surface area contributed by atoms with Crippen LogP contribution in [0.5, 0.6) is 5.88 Å². The third-order valence-electron chi connectivity index (χ3n) is 3.41. The van der Waals surface area contributed by atoms with Crippen LogP contribution in [0, 0.1) is 0 Å². The first-order chi connectivity index (χ1) is 12.8. The van der Waals surface area contributed by atoms with Crippen molar-refractivity contribution < 1.29 is 31.8 Å². The van der Waals surface area contributed by atoms with Crippen LogP contribution in [0.15, 0.2) is 47.4 Å². The molecule has 0 aliphatic rings. The maximum Gasteiger partial charge on any atom is 0.272 e. The molecule has 146 valence electrons. The minimum Gasteiger partial charge on any atom is -0.472 e. The highest BCUT2D eigenvalue weighted by molar-refractivity contribution is 7.91. The average molecular weight is 400 g/mol. The van der Waals surface area contributed by atoms with E-state index in [1.807, 2.05) is 0 Å². The first-order valence-corrected chi connectivity index (χ1v) is 9.56. The monoisotopic (exact) mass is 400 g/mol. The number of carbonyl (C=O) groups excluding carboxylic acids is 1. The Balaban J connectivity index is 1.96. The molecule has 0 unspecified atom stereocenters. The number of nitrogens with one attached hydrogen (secondary N) is 1. The van der Waals surface area contributed by atoms with Gasteiger partial charge in [-0.25, -0.2) is 22.2 Å². The molecule has 0 bridgehead atoms. The van der Waals surface area contributed by atoms with Gasteiger partial charge in [0.25, 0.3) is 12.3 Å². The second-order valence-electron chi connectivity index (χ2n) is 5.43. The van der Waals surface area contributed by atoms with Crippen LogP contribution in [-0.4, -0.2) is 49.8 Å². The highest BCUT2D eigenvalue weighted by Gasteiger charge is 2.14. The summed E-state index contributed by atoms with van der Waals surface area (Å²) in [6.07, 6.45) is -2.64. The van der Waals surface area contributed by atoms with Crippen molar-refractivity contribution in [3.05, 3.63) is 53.7 Å². The van der Waals surface area contributed by atoms with Gasteiger partial charge in [0.2, 0.25) is 5.88 Å². The first-order valence-electron chi connectivity index (χ1n) is 7.90. The molecule has 0 saturated carbocycles. The Hall–Kier alpha value is -2.59. The molecule has 1 aromatic carbocycles. The molecule has 7 nitrogen and oxygen atoms in total. The number of ether oxygens (including phenoxy) is 1. The van der Waals surface area contributed by atoms with E-state index in [-0.39, 0.29) is 28.8 Å². The van der Waals surface area contributed by atoms with Crippen molar-refractivity contribution in [1.29, 1.82) is 0 Å². The lowest BCUT2D eigenvalue weighted by Gasteiger charge is -2.08. The summed E-state index contributed by atoms with van der Waals surface area (Å²) in [6.45, 7) is -1.17. The molecule has 1 heterocycles. The SMILES string of the molecule is O=C(NCc1ccc(S(=O)(=O)CCO)cc1)c1cccc(OCC(F)F)n1. The molecule has 10 heteroatoms. The summed E-state index contributed by atoms with van der Waals surface area (Å²) in [7, 11) is -3.53. The van der Waals surface area contributed by atoms with E-state index in [4.69, 9.17) is 9.84 Å². The first kappa shape index (κ1) is 20.7. The standard InChI is InChI=1S/C17H18F2N2O5S/c18-15(19)11-26-16-3-1-2-14(21-16)17(23)20-10-12-4-6-13(7-5-12)27(24,25)9-8-22/h1-7,15,22H,8-11H2,(H,20,23). The van der Waals surface area contributed by atoms with E-state index in [0.717, 1.165) is 0 Å². The third-order valence-corrected chi connectivity index (χ3v) is 5.12. The van der Waals surface area contributed by atoms with Crippen LogP contribution in [0.1, 0.15) is 16.1 Å². The molecule has 0 saturated heterocycles. The molecule has 2 aromatic rings. The molecule has 2 N–H and O–H groups in total. The fourth-order valence-electron chi connectivity index (χ4n) is 2.10. The van der Waals surface area contributed by atoms with E-state index in [9.17, 15) is 22.0 Å². The molecule has 27 heavy (non-hydrogen) atoms. The van der Waals surface area contributed by atoms with Gasteiger partial charge in [-0.3, -0.25) is 4.79 Å². The summed E-state index contributed by atoms with van der Waals surface area (Å²) in [5.74, 6) is -0.977.